The van der Waals surface area contributed by atoms with E-state index in [2.05, 4.69) is 12.2 Å². The first-order valence-electron chi connectivity index (χ1n) is 4.65. The van der Waals surface area contributed by atoms with Gasteiger partial charge in [0.05, 0.1) is 6.04 Å². The van der Waals surface area contributed by atoms with Crippen LogP contribution in [0.1, 0.15) is 33.1 Å². The summed E-state index contributed by atoms with van der Waals surface area (Å²) in [4.78, 5) is 10.7. The highest BCUT2D eigenvalue weighted by Gasteiger charge is 2.23. The molecule has 0 aromatic heterocycles. The van der Waals surface area contributed by atoms with Gasteiger partial charge in [-0.15, -0.1) is 0 Å². The summed E-state index contributed by atoms with van der Waals surface area (Å²) in [6, 6.07) is 0.322. The Bertz CT molecular complexity index is 170. The molecule has 3 N–H and O–H groups in total. The molecule has 1 aliphatic rings. The van der Waals surface area contributed by atoms with E-state index >= 15 is 0 Å². The zero-order valence-electron chi connectivity index (χ0n) is 7.84. The van der Waals surface area contributed by atoms with Crippen molar-refractivity contribution in [1.29, 1.82) is 0 Å². The molecule has 1 saturated carbocycles. The lowest BCUT2D eigenvalue weighted by Crippen LogP contribution is -2.43. The van der Waals surface area contributed by atoms with Crippen LogP contribution in [0.25, 0.3) is 0 Å². The van der Waals surface area contributed by atoms with Gasteiger partial charge in [0.15, 0.2) is 0 Å². The van der Waals surface area contributed by atoms with E-state index < -0.39 is 0 Å². The molecular weight excluding hydrogens is 152 g/mol. The zero-order chi connectivity index (χ0) is 9.14. The molecule has 1 amide bonds. The highest BCUT2D eigenvalue weighted by molar-refractivity contribution is 5.79. The van der Waals surface area contributed by atoms with Crippen LogP contribution >= 0.6 is 0 Å². The average molecular weight is 170 g/mol. The quantitative estimate of drug-likeness (QED) is 0.653. The highest BCUT2D eigenvalue weighted by Crippen LogP contribution is 2.24. The van der Waals surface area contributed by atoms with E-state index in [4.69, 9.17) is 5.73 Å². The van der Waals surface area contributed by atoms with E-state index in [0.29, 0.717) is 6.04 Å². The van der Waals surface area contributed by atoms with Crippen molar-refractivity contribution in [3.8, 4) is 0 Å². The van der Waals surface area contributed by atoms with E-state index in [-0.39, 0.29) is 11.9 Å². The first-order chi connectivity index (χ1) is 5.59. The molecule has 0 spiro atoms. The number of nitrogens with two attached hydrogens (primary N) is 1. The van der Waals surface area contributed by atoms with Gasteiger partial charge in [-0.05, 0) is 32.1 Å². The van der Waals surface area contributed by atoms with Crippen molar-refractivity contribution in [2.45, 2.75) is 45.2 Å². The summed E-state index contributed by atoms with van der Waals surface area (Å²) in [5.74, 6) is 0.539. The second-order valence-corrected chi connectivity index (χ2v) is 3.91. The Balaban J connectivity index is 2.27. The van der Waals surface area contributed by atoms with Crippen LogP contribution in [0.2, 0.25) is 0 Å². The minimum absolute atomic E-state index is 0.180. The first-order valence-corrected chi connectivity index (χ1v) is 4.65. The van der Waals surface area contributed by atoms with Crippen molar-refractivity contribution in [3.63, 3.8) is 0 Å². The van der Waals surface area contributed by atoms with Crippen molar-refractivity contribution < 1.29 is 4.79 Å². The summed E-state index contributed by atoms with van der Waals surface area (Å²) in [5.41, 5.74) is 5.15. The second-order valence-electron chi connectivity index (χ2n) is 3.91. The molecule has 1 fully saturated rings. The molecule has 0 aromatic carbocycles. The lowest BCUT2D eigenvalue weighted by Gasteiger charge is -2.16. The number of hydrogen-bond donors (Lipinski definition) is 2. The van der Waals surface area contributed by atoms with Crippen LogP contribution in [0.3, 0.4) is 0 Å². The summed E-state index contributed by atoms with van der Waals surface area (Å²) in [5, 5.41) is 3.23. The normalized spacial score (nSPS) is 31.8. The highest BCUT2D eigenvalue weighted by atomic mass is 16.1. The van der Waals surface area contributed by atoms with Crippen molar-refractivity contribution in [2.75, 3.05) is 0 Å². The molecule has 0 saturated heterocycles. The molecule has 1 rings (SSSR count). The minimum atomic E-state index is -0.255. The maximum atomic E-state index is 10.7. The molecule has 0 heterocycles. The largest absolute Gasteiger partial charge is 0.368 e. The number of amides is 1. The fourth-order valence-corrected chi connectivity index (χ4v) is 1.79. The van der Waals surface area contributed by atoms with Gasteiger partial charge in [-0.25, -0.2) is 0 Å². The Hall–Kier alpha value is -0.570. The lowest BCUT2D eigenvalue weighted by atomic mass is 10.1. The summed E-state index contributed by atoms with van der Waals surface area (Å²) < 4.78 is 0. The van der Waals surface area contributed by atoms with Crippen molar-refractivity contribution in [3.05, 3.63) is 0 Å². The van der Waals surface area contributed by atoms with E-state index in [0.717, 1.165) is 5.92 Å². The number of carbonyl (C=O) groups is 1. The molecule has 12 heavy (non-hydrogen) atoms. The standard InChI is InChI=1S/C9H18N2O/c1-6-3-4-8(5-6)11-7(2)9(10)12/h6-8,11H,3-5H2,1-2H3,(H2,10,12)/t6?,7-,8?/m1/s1. The maximum Gasteiger partial charge on any atom is 0.234 e. The third-order valence-corrected chi connectivity index (χ3v) is 2.61. The second kappa shape index (κ2) is 3.90. The third kappa shape index (κ3) is 2.48. The van der Waals surface area contributed by atoms with Crippen LogP contribution in [-0.4, -0.2) is 18.0 Å². The van der Waals surface area contributed by atoms with Gasteiger partial charge in [0, 0.05) is 6.04 Å². The monoisotopic (exact) mass is 170 g/mol. The van der Waals surface area contributed by atoms with Crippen LogP contribution in [0, 0.1) is 5.92 Å². The first kappa shape index (κ1) is 9.52. The van der Waals surface area contributed by atoms with Gasteiger partial charge in [0.25, 0.3) is 0 Å². The van der Waals surface area contributed by atoms with Gasteiger partial charge >= 0.3 is 0 Å². The minimum Gasteiger partial charge on any atom is -0.368 e. The molecule has 3 atom stereocenters. The molecule has 0 bridgehead atoms. The molecule has 0 aliphatic heterocycles. The molecule has 0 radical (unpaired) electrons. The van der Waals surface area contributed by atoms with Gasteiger partial charge < -0.3 is 11.1 Å². The van der Waals surface area contributed by atoms with Crippen LogP contribution in [0.5, 0.6) is 0 Å². The van der Waals surface area contributed by atoms with E-state index in [1.54, 1.807) is 0 Å². The van der Waals surface area contributed by atoms with Gasteiger partial charge in [-0.1, -0.05) is 6.92 Å². The molecule has 0 aromatic rings. The zero-order valence-corrected chi connectivity index (χ0v) is 7.84. The predicted molar refractivity (Wildman–Crippen MR) is 48.6 cm³/mol. The van der Waals surface area contributed by atoms with E-state index in [1.165, 1.54) is 19.3 Å². The third-order valence-electron chi connectivity index (χ3n) is 2.61. The Morgan fingerprint density at radius 2 is 2.25 bits per heavy atom. The number of primary amides is 1. The fraction of sp³-hybridized carbons (Fsp3) is 0.889. The topological polar surface area (TPSA) is 55.1 Å². The van der Waals surface area contributed by atoms with Gasteiger partial charge in [0.2, 0.25) is 5.91 Å². The number of nitrogens with one attached hydrogen (secondary N) is 1. The molecule has 1 aliphatic carbocycles. The van der Waals surface area contributed by atoms with Crippen LogP contribution in [0.15, 0.2) is 0 Å². The molecule has 2 unspecified atom stereocenters. The Morgan fingerprint density at radius 3 is 2.67 bits per heavy atom. The number of carbonyl (C=O) groups excluding carboxylic acids is 1. The SMILES string of the molecule is CC1CCC(N[C@H](C)C(N)=O)C1. The van der Waals surface area contributed by atoms with Crippen molar-refractivity contribution in [2.24, 2.45) is 11.7 Å². The number of hydrogen-bond acceptors (Lipinski definition) is 2. The van der Waals surface area contributed by atoms with Gasteiger partial charge in [-0.3, -0.25) is 4.79 Å². The smallest absolute Gasteiger partial charge is 0.234 e. The van der Waals surface area contributed by atoms with Gasteiger partial charge in [-0.2, -0.15) is 0 Å². The van der Waals surface area contributed by atoms with Crippen LogP contribution < -0.4 is 11.1 Å². The van der Waals surface area contributed by atoms with Crippen LogP contribution in [0.4, 0.5) is 0 Å². The van der Waals surface area contributed by atoms with E-state index in [1.807, 2.05) is 6.92 Å². The molecule has 70 valence electrons. The fourth-order valence-electron chi connectivity index (χ4n) is 1.79. The summed E-state index contributed by atoms with van der Waals surface area (Å²) in [6.07, 6.45) is 3.62. The maximum absolute atomic E-state index is 10.7. The van der Waals surface area contributed by atoms with Gasteiger partial charge in [0.1, 0.15) is 0 Å². The Labute approximate surface area is 73.7 Å². The Kier molecular flexibility index (Phi) is 3.09. The van der Waals surface area contributed by atoms with Crippen LogP contribution in [-0.2, 0) is 4.79 Å². The Morgan fingerprint density at radius 1 is 1.58 bits per heavy atom. The predicted octanol–water partition coefficient (Wildman–Crippen LogP) is 0.638. The number of rotatable bonds is 3. The van der Waals surface area contributed by atoms with Crippen molar-refractivity contribution >= 4 is 5.91 Å². The summed E-state index contributed by atoms with van der Waals surface area (Å²) >= 11 is 0. The lowest BCUT2D eigenvalue weighted by molar-refractivity contribution is -0.119. The molecular formula is C9H18N2O. The summed E-state index contributed by atoms with van der Waals surface area (Å²) in [6.45, 7) is 4.07. The molecule has 3 nitrogen and oxygen atoms in total. The van der Waals surface area contributed by atoms with E-state index in [9.17, 15) is 4.79 Å². The summed E-state index contributed by atoms with van der Waals surface area (Å²) in [7, 11) is 0. The van der Waals surface area contributed by atoms with Crippen molar-refractivity contribution in [1.82, 2.24) is 5.32 Å². The average Bonchev–Trinajstić information content (AvgIpc) is 2.35. The molecule has 3 heteroatoms.